The molecule has 0 saturated heterocycles. The maximum Gasteiger partial charge on any atom is 0.267 e. The molecular weight excluding hydrogens is 338 g/mol. The lowest BCUT2D eigenvalue weighted by atomic mass is 10.1. The zero-order chi connectivity index (χ0) is 18.8. The summed E-state index contributed by atoms with van der Waals surface area (Å²) < 4.78 is 8.74. The number of nitrogens with zero attached hydrogens (tertiary/aromatic N) is 3. The Kier molecular flexibility index (Phi) is 4.23. The van der Waals surface area contributed by atoms with Gasteiger partial charge in [0.2, 0.25) is 5.88 Å². The SMILES string of the molecule is COc1cc2cccc(C#Cc3cnn(C)c3)c2c(=O)n1-c1ccccc1. The predicted molar refractivity (Wildman–Crippen MR) is 105 cm³/mol. The molecule has 0 amide bonds. The van der Waals surface area contributed by atoms with Crippen molar-refractivity contribution in [3.63, 3.8) is 0 Å². The number of hydrogen-bond acceptors (Lipinski definition) is 3. The highest BCUT2D eigenvalue weighted by molar-refractivity contribution is 5.88. The van der Waals surface area contributed by atoms with Gasteiger partial charge < -0.3 is 4.74 Å². The van der Waals surface area contributed by atoms with E-state index in [0.29, 0.717) is 16.8 Å². The summed E-state index contributed by atoms with van der Waals surface area (Å²) in [4.78, 5) is 13.3. The van der Waals surface area contributed by atoms with E-state index in [-0.39, 0.29) is 5.56 Å². The van der Waals surface area contributed by atoms with Gasteiger partial charge >= 0.3 is 0 Å². The minimum absolute atomic E-state index is 0.161. The summed E-state index contributed by atoms with van der Waals surface area (Å²) in [6.07, 6.45) is 3.53. The summed E-state index contributed by atoms with van der Waals surface area (Å²) in [6.45, 7) is 0. The van der Waals surface area contributed by atoms with E-state index in [1.165, 1.54) is 0 Å². The summed E-state index contributed by atoms with van der Waals surface area (Å²) in [5.74, 6) is 6.68. The normalized spacial score (nSPS) is 10.4. The Morgan fingerprint density at radius 2 is 1.85 bits per heavy atom. The first-order valence-corrected chi connectivity index (χ1v) is 8.46. The molecule has 132 valence electrons. The number of aromatic nitrogens is 3. The first kappa shape index (κ1) is 16.7. The second-order valence-corrected chi connectivity index (χ2v) is 6.09. The van der Waals surface area contributed by atoms with Crippen LogP contribution in [0.4, 0.5) is 0 Å². The maximum atomic E-state index is 13.3. The Morgan fingerprint density at radius 3 is 2.56 bits per heavy atom. The number of pyridine rings is 1. The Bertz CT molecular complexity index is 1240. The Morgan fingerprint density at radius 1 is 1.04 bits per heavy atom. The van der Waals surface area contributed by atoms with Gasteiger partial charge in [-0.2, -0.15) is 5.10 Å². The first-order valence-electron chi connectivity index (χ1n) is 8.46. The van der Waals surface area contributed by atoms with Crippen LogP contribution in [-0.4, -0.2) is 21.5 Å². The lowest BCUT2D eigenvalue weighted by molar-refractivity contribution is 0.386. The highest BCUT2D eigenvalue weighted by Crippen LogP contribution is 2.23. The third-order valence-corrected chi connectivity index (χ3v) is 4.28. The van der Waals surface area contributed by atoms with Gasteiger partial charge in [-0.25, -0.2) is 4.57 Å². The lowest BCUT2D eigenvalue weighted by Gasteiger charge is -2.13. The van der Waals surface area contributed by atoms with E-state index in [4.69, 9.17) is 4.74 Å². The molecule has 2 heterocycles. The van der Waals surface area contributed by atoms with Crippen molar-refractivity contribution in [3.05, 3.63) is 88.5 Å². The van der Waals surface area contributed by atoms with Crippen LogP contribution >= 0.6 is 0 Å². The fourth-order valence-corrected chi connectivity index (χ4v) is 3.04. The van der Waals surface area contributed by atoms with Gasteiger partial charge in [-0.3, -0.25) is 9.48 Å². The number of benzene rings is 2. The summed E-state index contributed by atoms with van der Waals surface area (Å²) in [5.41, 5.74) is 2.06. The number of fused-ring (bicyclic) bond motifs is 1. The van der Waals surface area contributed by atoms with Crippen molar-refractivity contribution in [2.75, 3.05) is 7.11 Å². The van der Waals surface area contributed by atoms with E-state index >= 15 is 0 Å². The molecule has 0 spiro atoms. The van der Waals surface area contributed by atoms with E-state index in [2.05, 4.69) is 16.9 Å². The molecule has 0 aliphatic rings. The van der Waals surface area contributed by atoms with Gasteiger partial charge in [0.15, 0.2) is 0 Å². The molecule has 0 unspecified atom stereocenters. The lowest BCUT2D eigenvalue weighted by Crippen LogP contribution is -2.20. The number of para-hydroxylation sites is 1. The van der Waals surface area contributed by atoms with Gasteiger partial charge in [0.05, 0.1) is 29.9 Å². The van der Waals surface area contributed by atoms with Crippen LogP contribution in [0, 0.1) is 11.8 Å². The van der Waals surface area contributed by atoms with Crippen molar-refractivity contribution < 1.29 is 4.74 Å². The van der Waals surface area contributed by atoms with E-state index in [0.717, 1.165) is 16.6 Å². The van der Waals surface area contributed by atoms with E-state index in [1.54, 1.807) is 22.6 Å². The fraction of sp³-hybridized carbons (Fsp3) is 0.0909. The van der Waals surface area contributed by atoms with E-state index < -0.39 is 0 Å². The van der Waals surface area contributed by atoms with E-state index in [1.807, 2.05) is 67.8 Å². The zero-order valence-electron chi connectivity index (χ0n) is 15.0. The van der Waals surface area contributed by atoms with Crippen LogP contribution in [0.1, 0.15) is 11.1 Å². The predicted octanol–water partition coefficient (Wildman–Crippen LogP) is 3.13. The fourth-order valence-electron chi connectivity index (χ4n) is 3.04. The molecule has 0 N–H and O–H groups in total. The molecular formula is C22H17N3O2. The van der Waals surface area contributed by atoms with Crippen LogP contribution < -0.4 is 10.3 Å². The standard InChI is InChI=1S/C22H17N3O2/c1-24-15-16(14-23-24)11-12-17-7-6-8-18-13-20(27-2)25(22(26)21(17)18)19-9-4-3-5-10-19/h3-10,13-15H,1-2H3. The monoisotopic (exact) mass is 355 g/mol. The van der Waals surface area contributed by atoms with Crippen molar-refractivity contribution in [1.82, 2.24) is 14.3 Å². The molecule has 0 saturated carbocycles. The number of methoxy groups -OCH3 is 1. The molecule has 2 aromatic carbocycles. The minimum Gasteiger partial charge on any atom is -0.482 e. The number of aryl methyl sites for hydroxylation is 1. The topological polar surface area (TPSA) is 49.1 Å². The maximum absolute atomic E-state index is 13.3. The molecule has 5 nitrogen and oxygen atoms in total. The molecule has 0 aliphatic carbocycles. The van der Waals surface area contributed by atoms with Crippen molar-refractivity contribution in [3.8, 4) is 23.4 Å². The van der Waals surface area contributed by atoms with Crippen molar-refractivity contribution in [2.45, 2.75) is 0 Å². The van der Waals surface area contributed by atoms with Crippen LogP contribution in [0.2, 0.25) is 0 Å². The average molecular weight is 355 g/mol. The molecule has 4 aromatic rings. The Hall–Kier alpha value is -3.78. The van der Waals surface area contributed by atoms with Crippen molar-refractivity contribution in [2.24, 2.45) is 7.05 Å². The molecule has 0 aliphatic heterocycles. The van der Waals surface area contributed by atoms with Crippen molar-refractivity contribution in [1.29, 1.82) is 0 Å². The van der Waals surface area contributed by atoms with Crippen LogP contribution in [0.3, 0.4) is 0 Å². The van der Waals surface area contributed by atoms with Gasteiger partial charge in [-0.1, -0.05) is 42.2 Å². The Labute approximate surface area is 156 Å². The average Bonchev–Trinajstić information content (AvgIpc) is 3.11. The van der Waals surface area contributed by atoms with Crippen LogP contribution in [0.15, 0.2) is 71.8 Å². The van der Waals surface area contributed by atoms with Gasteiger partial charge in [0, 0.05) is 24.9 Å². The second kappa shape index (κ2) is 6.85. The number of rotatable bonds is 2. The molecule has 0 atom stereocenters. The summed E-state index contributed by atoms with van der Waals surface area (Å²) in [5, 5.41) is 5.48. The smallest absolute Gasteiger partial charge is 0.267 e. The second-order valence-electron chi connectivity index (χ2n) is 6.09. The summed E-state index contributed by atoms with van der Waals surface area (Å²) >= 11 is 0. The number of hydrogen-bond donors (Lipinski definition) is 0. The van der Waals surface area contributed by atoms with Gasteiger partial charge in [0.1, 0.15) is 0 Å². The van der Waals surface area contributed by atoms with Gasteiger partial charge in [-0.15, -0.1) is 0 Å². The largest absolute Gasteiger partial charge is 0.482 e. The van der Waals surface area contributed by atoms with Gasteiger partial charge in [0.25, 0.3) is 5.56 Å². The van der Waals surface area contributed by atoms with Crippen LogP contribution in [-0.2, 0) is 7.05 Å². The zero-order valence-corrected chi connectivity index (χ0v) is 15.0. The summed E-state index contributed by atoms with van der Waals surface area (Å²) in [6, 6.07) is 16.9. The van der Waals surface area contributed by atoms with Crippen molar-refractivity contribution >= 4 is 10.8 Å². The third-order valence-electron chi connectivity index (χ3n) is 4.28. The quantitative estimate of drug-likeness (QED) is 0.519. The summed E-state index contributed by atoms with van der Waals surface area (Å²) in [7, 11) is 3.40. The van der Waals surface area contributed by atoms with Crippen LogP contribution in [0.5, 0.6) is 5.88 Å². The minimum atomic E-state index is -0.161. The number of ether oxygens (including phenoxy) is 1. The molecule has 5 heteroatoms. The molecule has 0 bridgehead atoms. The van der Waals surface area contributed by atoms with Gasteiger partial charge in [-0.05, 0) is 23.6 Å². The first-order chi connectivity index (χ1) is 13.2. The highest BCUT2D eigenvalue weighted by atomic mass is 16.5. The van der Waals surface area contributed by atoms with Crippen LogP contribution in [0.25, 0.3) is 16.5 Å². The molecule has 27 heavy (non-hydrogen) atoms. The molecule has 4 rings (SSSR count). The molecule has 0 fully saturated rings. The third kappa shape index (κ3) is 3.09. The Balaban J connectivity index is 1.98. The van der Waals surface area contributed by atoms with E-state index in [9.17, 15) is 4.79 Å². The molecule has 0 radical (unpaired) electrons. The molecule has 2 aromatic heterocycles. The highest BCUT2D eigenvalue weighted by Gasteiger charge is 2.13.